The molecule has 136 valence electrons. The van der Waals surface area contributed by atoms with Crippen LogP contribution >= 0.6 is 0 Å². The molecule has 0 bridgehead atoms. The van der Waals surface area contributed by atoms with Crippen LogP contribution in [0, 0.1) is 0 Å². The summed E-state index contributed by atoms with van der Waals surface area (Å²) in [4.78, 5) is 17.0. The van der Waals surface area contributed by atoms with Gasteiger partial charge in [0.1, 0.15) is 0 Å². The van der Waals surface area contributed by atoms with Gasteiger partial charge in [-0.05, 0) is 62.1 Å². The van der Waals surface area contributed by atoms with E-state index in [4.69, 9.17) is 0 Å². The molecule has 3 aliphatic rings. The number of carbonyl (C=O) groups is 1. The summed E-state index contributed by atoms with van der Waals surface area (Å²) in [6, 6.07) is 8.13. The lowest BCUT2D eigenvalue weighted by Gasteiger charge is -2.36. The Bertz CT molecular complexity index is 626. The monoisotopic (exact) mass is 341 g/mol. The van der Waals surface area contributed by atoms with Crippen molar-refractivity contribution in [1.29, 1.82) is 0 Å². The zero-order valence-electron chi connectivity index (χ0n) is 15.5. The van der Waals surface area contributed by atoms with Crippen molar-refractivity contribution in [2.45, 2.75) is 70.5 Å². The molecule has 0 radical (unpaired) electrons. The Kier molecular flexibility index (Phi) is 4.98. The summed E-state index contributed by atoms with van der Waals surface area (Å²) in [6.45, 7) is 6.08. The predicted octanol–water partition coefficient (Wildman–Crippen LogP) is 3.33. The largest absolute Gasteiger partial charge is 0.334 e. The Labute approximate surface area is 151 Å². The number of fused-ring (bicyclic) bond motifs is 1. The van der Waals surface area contributed by atoms with Crippen LogP contribution < -0.4 is 5.32 Å². The molecular weight excluding hydrogens is 310 g/mol. The molecule has 1 aromatic carbocycles. The summed E-state index contributed by atoms with van der Waals surface area (Å²) < 4.78 is 0. The Hall–Kier alpha value is -1.55. The van der Waals surface area contributed by atoms with E-state index in [1.807, 2.05) is 4.90 Å². The van der Waals surface area contributed by atoms with E-state index < -0.39 is 0 Å². The minimum atomic E-state index is 0.0936. The van der Waals surface area contributed by atoms with Gasteiger partial charge in [0, 0.05) is 38.3 Å². The molecule has 1 unspecified atom stereocenters. The summed E-state index contributed by atoms with van der Waals surface area (Å²) in [5.74, 6) is 0. The summed E-state index contributed by atoms with van der Waals surface area (Å²) in [7, 11) is 0. The van der Waals surface area contributed by atoms with Crippen LogP contribution in [-0.2, 0) is 19.4 Å². The summed E-state index contributed by atoms with van der Waals surface area (Å²) in [5.41, 5.74) is 4.23. The summed E-state index contributed by atoms with van der Waals surface area (Å²) >= 11 is 0. The highest BCUT2D eigenvalue weighted by Gasteiger charge is 2.27. The van der Waals surface area contributed by atoms with Crippen molar-refractivity contribution in [3.63, 3.8) is 0 Å². The molecule has 25 heavy (non-hydrogen) atoms. The van der Waals surface area contributed by atoms with Gasteiger partial charge in [0.05, 0.1) is 0 Å². The Balaban J connectivity index is 1.35. The topological polar surface area (TPSA) is 35.6 Å². The van der Waals surface area contributed by atoms with Crippen LogP contribution in [0.2, 0.25) is 0 Å². The van der Waals surface area contributed by atoms with E-state index in [0.29, 0.717) is 12.6 Å². The number of urea groups is 1. The van der Waals surface area contributed by atoms with Gasteiger partial charge < -0.3 is 10.2 Å². The van der Waals surface area contributed by atoms with Crippen molar-refractivity contribution >= 4 is 6.03 Å². The highest BCUT2D eigenvalue weighted by molar-refractivity contribution is 5.74. The lowest BCUT2D eigenvalue weighted by molar-refractivity contribution is 0.133. The second-order valence-corrected chi connectivity index (χ2v) is 8.07. The molecule has 1 N–H and O–H groups in total. The minimum absolute atomic E-state index is 0.0936. The zero-order chi connectivity index (χ0) is 17.2. The quantitative estimate of drug-likeness (QED) is 0.915. The second kappa shape index (κ2) is 7.36. The van der Waals surface area contributed by atoms with Crippen molar-refractivity contribution in [3.05, 3.63) is 34.9 Å². The van der Waals surface area contributed by atoms with Crippen molar-refractivity contribution < 1.29 is 4.79 Å². The fraction of sp³-hybridized carbons (Fsp3) is 0.667. The van der Waals surface area contributed by atoms with E-state index in [9.17, 15) is 4.79 Å². The number of benzene rings is 1. The molecule has 1 aromatic rings. The number of nitrogens with one attached hydrogen (secondary N) is 1. The Morgan fingerprint density at radius 3 is 2.56 bits per heavy atom. The number of nitrogens with zero attached hydrogens (tertiary/aromatic N) is 2. The van der Waals surface area contributed by atoms with Crippen molar-refractivity contribution in [1.82, 2.24) is 15.1 Å². The molecule has 1 saturated heterocycles. The van der Waals surface area contributed by atoms with E-state index in [1.165, 1.54) is 55.5 Å². The van der Waals surface area contributed by atoms with Crippen LogP contribution in [0.4, 0.5) is 4.79 Å². The molecule has 0 aromatic heterocycles. The predicted molar refractivity (Wildman–Crippen MR) is 101 cm³/mol. The van der Waals surface area contributed by atoms with Gasteiger partial charge in [-0.15, -0.1) is 0 Å². The van der Waals surface area contributed by atoms with Crippen LogP contribution in [0.25, 0.3) is 0 Å². The van der Waals surface area contributed by atoms with Crippen molar-refractivity contribution in [3.8, 4) is 0 Å². The third-order valence-corrected chi connectivity index (χ3v) is 6.46. The lowest BCUT2D eigenvalue weighted by Crippen LogP contribution is -2.41. The second-order valence-electron chi connectivity index (χ2n) is 8.07. The van der Waals surface area contributed by atoms with Crippen LogP contribution in [0.3, 0.4) is 0 Å². The van der Waals surface area contributed by atoms with E-state index in [0.717, 1.165) is 31.8 Å². The number of hydrogen-bond donors (Lipinski definition) is 1. The Morgan fingerprint density at radius 2 is 1.88 bits per heavy atom. The fourth-order valence-electron chi connectivity index (χ4n) is 4.54. The molecule has 2 amide bonds. The molecule has 4 heteroatoms. The van der Waals surface area contributed by atoms with Gasteiger partial charge in [-0.25, -0.2) is 4.79 Å². The van der Waals surface area contributed by atoms with Gasteiger partial charge in [-0.1, -0.05) is 24.6 Å². The summed E-state index contributed by atoms with van der Waals surface area (Å²) in [5, 5.41) is 3.12. The number of hydrogen-bond acceptors (Lipinski definition) is 2. The van der Waals surface area contributed by atoms with Gasteiger partial charge in [-0.3, -0.25) is 4.90 Å². The molecule has 4 rings (SSSR count). The van der Waals surface area contributed by atoms with Gasteiger partial charge in [-0.2, -0.15) is 0 Å². The first-order valence-electron chi connectivity index (χ1n) is 10.1. The van der Waals surface area contributed by atoms with Gasteiger partial charge in [0.15, 0.2) is 0 Å². The first kappa shape index (κ1) is 16.9. The number of likely N-dealkylation sites (tertiary alicyclic amines) is 1. The van der Waals surface area contributed by atoms with Crippen LogP contribution in [-0.4, -0.2) is 47.5 Å². The molecule has 4 nitrogen and oxygen atoms in total. The fourth-order valence-corrected chi connectivity index (χ4v) is 4.54. The smallest absolute Gasteiger partial charge is 0.317 e. The third kappa shape index (κ3) is 3.69. The summed E-state index contributed by atoms with van der Waals surface area (Å²) in [6.07, 6.45) is 8.77. The zero-order valence-corrected chi connectivity index (χ0v) is 15.5. The normalized spacial score (nSPS) is 24.5. The van der Waals surface area contributed by atoms with Crippen molar-refractivity contribution in [2.75, 3.05) is 19.6 Å². The Morgan fingerprint density at radius 1 is 1.08 bits per heavy atom. The molecule has 2 aliphatic heterocycles. The SMILES string of the molecule is CC1CCCN1C(=O)NCc1ccc2c(c1)CCN(C1CCC1)CC2. The highest BCUT2D eigenvalue weighted by atomic mass is 16.2. The average Bonchev–Trinajstić information content (AvgIpc) is 2.89. The van der Waals surface area contributed by atoms with E-state index >= 15 is 0 Å². The van der Waals surface area contributed by atoms with Gasteiger partial charge in [0.2, 0.25) is 0 Å². The number of carbonyl (C=O) groups excluding carboxylic acids is 1. The molecular formula is C21H31N3O. The minimum Gasteiger partial charge on any atom is -0.334 e. The van der Waals surface area contributed by atoms with Gasteiger partial charge >= 0.3 is 6.03 Å². The molecule has 2 fully saturated rings. The standard InChI is InChI=1S/C21H31N3O/c1-16-4-3-11-24(16)21(25)22-15-17-7-8-18-9-12-23(20-5-2-6-20)13-10-19(18)14-17/h7-8,14,16,20H,2-6,9-13,15H2,1H3,(H,22,25). The maximum absolute atomic E-state index is 12.3. The van der Waals surface area contributed by atoms with Crippen LogP contribution in [0.1, 0.15) is 55.7 Å². The van der Waals surface area contributed by atoms with E-state index in [1.54, 1.807) is 0 Å². The maximum atomic E-state index is 12.3. The lowest BCUT2D eigenvalue weighted by atomic mass is 9.91. The van der Waals surface area contributed by atoms with Gasteiger partial charge in [0.25, 0.3) is 0 Å². The molecule has 1 saturated carbocycles. The molecule has 2 heterocycles. The first-order valence-corrected chi connectivity index (χ1v) is 10.1. The van der Waals surface area contributed by atoms with Crippen LogP contribution in [0.15, 0.2) is 18.2 Å². The maximum Gasteiger partial charge on any atom is 0.317 e. The van der Waals surface area contributed by atoms with Crippen LogP contribution in [0.5, 0.6) is 0 Å². The van der Waals surface area contributed by atoms with Crippen molar-refractivity contribution in [2.24, 2.45) is 0 Å². The number of amides is 2. The third-order valence-electron chi connectivity index (χ3n) is 6.46. The molecule has 1 atom stereocenters. The highest BCUT2D eigenvalue weighted by Crippen LogP contribution is 2.27. The first-order chi connectivity index (χ1) is 12.2. The average molecular weight is 341 g/mol. The molecule has 1 aliphatic carbocycles. The van der Waals surface area contributed by atoms with E-state index in [2.05, 4.69) is 35.3 Å². The molecule has 0 spiro atoms. The van der Waals surface area contributed by atoms with E-state index in [-0.39, 0.29) is 6.03 Å². The number of rotatable bonds is 3.